The van der Waals surface area contributed by atoms with Gasteiger partial charge in [0, 0.05) is 6.04 Å². The van der Waals surface area contributed by atoms with Crippen LogP contribution in [0.2, 0.25) is 0 Å². The van der Waals surface area contributed by atoms with Crippen LogP contribution in [0.4, 0.5) is 0 Å². The molecule has 0 aliphatic heterocycles. The van der Waals surface area contributed by atoms with E-state index >= 15 is 0 Å². The maximum atomic E-state index is 12.8. The molecule has 0 radical (unpaired) electrons. The van der Waals surface area contributed by atoms with Crippen molar-refractivity contribution < 1.29 is 9.21 Å². The molecule has 144 valence electrons. The van der Waals surface area contributed by atoms with Crippen molar-refractivity contribution in [3.8, 4) is 10.8 Å². The molecule has 6 rings (SSSR count). The zero-order valence-corrected chi connectivity index (χ0v) is 17.0. The van der Waals surface area contributed by atoms with Crippen molar-refractivity contribution in [3.05, 3.63) is 29.0 Å². The van der Waals surface area contributed by atoms with E-state index in [1.807, 2.05) is 24.4 Å². The summed E-state index contributed by atoms with van der Waals surface area (Å²) in [6.45, 7) is 4.13. The highest BCUT2D eigenvalue weighted by atomic mass is 32.1. The summed E-state index contributed by atoms with van der Waals surface area (Å²) in [5.74, 6) is 4.16. The van der Waals surface area contributed by atoms with Gasteiger partial charge in [0.2, 0.25) is 11.8 Å². The maximum Gasteiger partial charge on any atom is 0.236 e. The van der Waals surface area contributed by atoms with Crippen LogP contribution in [0.3, 0.4) is 0 Å². The molecule has 2 aromatic heterocycles. The second-order valence-electron chi connectivity index (χ2n) is 9.25. The first-order valence-electron chi connectivity index (χ1n) is 10.3. The number of hydrogen-bond donors (Lipinski definition) is 1. The van der Waals surface area contributed by atoms with E-state index in [1.165, 1.54) is 38.5 Å². The molecule has 0 spiro atoms. The third-order valence-electron chi connectivity index (χ3n) is 7.33. The molecule has 4 aliphatic carbocycles. The zero-order chi connectivity index (χ0) is 18.6. The van der Waals surface area contributed by atoms with E-state index in [0.717, 1.165) is 34.1 Å². The van der Waals surface area contributed by atoms with Crippen LogP contribution in [-0.2, 0) is 11.2 Å². The van der Waals surface area contributed by atoms with Gasteiger partial charge in [-0.3, -0.25) is 4.79 Å². The molecular formula is C22H28N2O2S. The number of thiophene rings is 1. The Bertz CT molecular complexity index is 803. The van der Waals surface area contributed by atoms with E-state index in [-0.39, 0.29) is 11.9 Å². The third-order valence-corrected chi connectivity index (χ3v) is 8.19. The topological polar surface area (TPSA) is 55.1 Å². The van der Waals surface area contributed by atoms with Crippen molar-refractivity contribution >= 4 is 17.2 Å². The number of aromatic nitrogens is 1. The van der Waals surface area contributed by atoms with Gasteiger partial charge in [0.1, 0.15) is 5.76 Å². The van der Waals surface area contributed by atoms with Crippen molar-refractivity contribution in [3.63, 3.8) is 0 Å². The average molecular weight is 385 g/mol. The lowest BCUT2D eigenvalue weighted by atomic mass is 9.48. The molecule has 5 heteroatoms. The van der Waals surface area contributed by atoms with E-state index in [4.69, 9.17) is 4.42 Å². The van der Waals surface area contributed by atoms with E-state index < -0.39 is 0 Å². The molecule has 2 heterocycles. The number of amides is 1. The first-order valence-corrected chi connectivity index (χ1v) is 11.2. The first-order chi connectivity index (χ1) is 13.0. The molecule has 1 amide bonds. The fourth-order valence-corrected chi connectivity index (χ4v) is 7.05. The molecule has 4 fully saturated rings. The highest BCUT2D eigenvalue weighted by Crippen LogP contribution is 2.61. The summed E-state index contributed by atoms with van der Waals surface area (Å²) in [6.07, 6.45) is 8.54. The van der Waals surface area contributed by atoms with Gasteiger partial charge in [-0.05, 0) is 87.0 Å². The van der Waals surface area contributed by atoms with Gasteiger partial charge >= 0.3 is 0 Å². The van der Waals surface area contributed by atoms with Crippen molar-refractivity contribution in [1.82, 2.24) is 10.3 Å². The van der Waals surface area contributed by atoms with Crippen LogP contribution in [0.15, 0.2) is 21.9 Å². The molecule has 1 atom stereocenters. The van der Waals surface area contributed by atoms with Crippen molar-refractivity contribution in [1.29, 1.82) is 0 Å². The van der Waals surface area contributed by atoms with Gasteiger partial charge in [-0.15, -0.1) is 11.3 Å². The van der Waals surface area contributed by atoms with Gasteiger partial charge in [0.25, 0.3) is 0 Å². The number of aryl methyl sites for hydroxylation is 1. The SMILES string of the molecule is Cc1oc(-c2cccs2)nc1CC(=O)N[C@H](C)C12CC3CC(CC(C3)C1)C2. The van der Waals surface area contributed by atoms with Gasteiger partial charge in [-0.25, -0.2) is 4.98 Å². The monoisotopic (exact) mass is 384 g/mol. The Balaban J connectivity index is 1.26. The summed E-state index contributed by atoms with van der Waals surface area (Å²) in [4.78, 5) is 18.4. The van der Waals surface area contributed by atoms with Gasteiger partial charge in [-0.1, -0.05) is 6.07 Å². The fraction of sp³-hybridized carbons (Fsp3) is 0.636. The number of carbonyl (C=O) groups excluding carboxylic acids is 1. The van der Waals surface area contributed by atoms with Gasteiger partial charge < -0.3 is 9.73 Å². The zero-order valence-electron chi connectivity index (χ0n) is 16.2. The lowest BCUT2D eigenvalue weighted by Gasteiger charge is -2.59. The average Bonchev–Trinajstić information content (AvgIpc) is 3.24. The molecule has 4 aliphatic rings. The predicted octanol–water partition coefficient (Wildman–Crippen LogP) is 4.98. The van der Waals surface area contributed by atoms with E-state index in [1.54, 1.807) is 11.3 Å². The molecule has 0 aromatic carbocycles. The minimum Gasteiger partial charge on any atom is -0.440 e. The van der Waals surface area contributed by atoms with Crippen LogP contribution in [0.25, 0.3) is 10.8 Å². The summed E-state index contributed by atoms with van der Waals surface area (Å²) in [7, 11) is 0. The highest BCUT2D eigenvalue weighted by molar-refractivity contribution is 7.13. The first kappa shape index (κ1) is 17.5. The van der Waals surface area contributed by atoms with Crippen LogP contribution in [-0.4, -0.2) is 16.9 Å². The Labute approximate surface area is 164 Å². The molecule has 0 saturated heterocycles. The summed E-state index contributed by atoms with van der Waals surface area (Å²) >= 11 is 1.60. The molecule has 4 saturated carbocycles. The van der Waals surface area contributed by atoms with E-state index in [9.17, 15) is 4.79 Å². The summed E-state index contributed by atoms with van der Waals surface area (Å²) in [5, 5.41) is 5.35. The van der Waals surface area contributed by atoms with Crippen molar-refractivity contribution in [2.24, 2.45) is 23.2 Å². The number of rotatable bonds is 5. The summed E-state index contributed by atoms with van der Waals surface area (Å²) < 4.78 is 5.78. The molecule has 1 N–H and O–H groups in total. The Morgan fingerprint density at radius 1 is 1.30 bits per heavy atom. The Kier molecular flexibility index (Phi) is 4.19. The van der Waals surface area contributed by atoms with Crippen LogP contribution in [0, 0.1) is 30.1 Å². The number of oxazole rings is 1. The van der Waals surface area contributed by atoms with Crippen molar-refractivity contribution in [2.45, 2.75) is 64.8 Å². The quantitative estimate of drug-likeness (QED) is 0.791. The number of carbonyl (C=O) groups is 1. The Morgan fingerprint density at radius 3 is 2.56 bits per heavy atom. The fourth-order valence-electron chi connectivity index (χ4n) is 6.40. The molecule has 4 nitrogen and oxygen atoms in total. The molecule has 27 heavy (non-hydrogen) atoms. The minimum absolute atomic E-state index is 0.0763. The smallest absolute Gasteiger partial charge is 0.236 e. The molecular weight excluding hydrogens is 356 g/mol. The Hall–Kier alpha value is -1.62. The van der Waals surface area contributed by atoms with Gasteiger partial charge in [-0.2, -0.15) is 0 Å². The normalized spacial score (nSPS) is 32.6. The maximum absolute atomic E-state index is 12.8. The van der Waals surface area contributed by atoms with E-state index in [0.29, 0.717) is 17.7 Å². The molecule has 4 bridgehead atoms. The van der Waals surface area contributed by atoms with Crippen LogP contribution in [0.5, 0.6) is 0 Å². The van der Waals surface area contributed by atoms with Crippen LogP contribution < -0.4 is 5.32 Å². The number of nitrogens with zero attached hydrogens (tertiary/aromatic N) is 1. The van der Waals surface area contributed by atoms with Crippen molar-refractivity contribution in [2.75, 3.05) is 0 Å². The Morgan fingerprint density at radius 2 is 1.96 bits per heavy atom. The summed E-state index contributed by atoms with van der Waals surface area (Å²) in [5.41, 5.74) is 1.10. The largest absolute Gasteiger partial charge is 0.440 e. The number of nitrogens with one attached hydrogen (secondary N) is 1. The minimum atomic E-state index is 0.0763. The van der Waals surface area contributed by atoms with Crippen LogP contribution >= 0.6 is 11.3 Å². The second kappa shape index (κ2) is 6.47. The molecule has 0 unspecified atom stereocenters. The lowest BCUT2D eigenvalue weighted by Crippen LogP contribution is -2.56. The summed E-state index contributed by atoms with van der Waals surface area (Å²) in [6, 6.07) is 4.23. The van der Waals surface area contributed by atoms with Crippen LogP contribution in [0.1, 0.15) is 56.9 Å². The number of hydrogen-bond acceptors (Lipinski definition) is 4. The predicted molar refractivity (Wildman–Crippen MR) is 106 cm³/mol. The molecule has 2 aromatic rings. The van der Waals surface area contributed by atoms with Gasteiger partial charge in [0.15, 0.2) is 0 Å². The third kappa shape index (κ3) is 3.14. The lowest BCUT2D eigenvalue weighted by molar-refractivity contribution is -0.125. The standard InChI is InChI=1S/C22H28N2O2S/c1-13-18(24-21(26-13)19-4-3-5-27-19)9-20(25)23-14(2)22-10-15-6-16(11-22)8-17(7-15)12-22/h3-5,14-17H,6-12H2,1-2H3,(H,23,25)/t14-,15?,16?,17?,22?/m1/s1. The van der Waals surface area contributed by atoms with E-state index in [2.05, 4.69) is 17.2 Å². The second-order valence-corrected chi connectivity index (χ2v) is 10.2. The highest BCUT2D eigenvalue weighted by Gasteiger charge is 2.53. The van der Waals surface area contributed by atoms with Gasteiger partial charge in [0.05, 0.1) is 17.0 Å².